The molecule has 1 rings (SSSR count). The van der Waals surface area contributed by atoms with E-state index in [4.69, 9.17) is 4.74 Å². The van der Waals surface area contributed by atoms with E-state index in [0.717, 1.165) is 17.7 Å². The van der Waals surface area contributed by atoms with Gasteiger partial charge in [-0.15, -0.1) is 0 Å². The van der Waals surface area contributed by atoms with Gasteiger partial charge in [-0.2, -0.15) is 0 Å². The maximum Gasteiger partial charge on any atom is 0.412 e. The summed E-state index contributed by atoms with van der Waals surface area (Å²) in [6.07, 6.45) is 7.58. The number of allylic oxidation sites excluding steroid dienone is 4. The minimum atomic E-state index is -0.485. The van der Waals surface area contributed by atoms with Gasteiger partial charge in [-0.05, 0) is 45.6 Å². The highest BCUT2D eigenvalue weighted by Gasteiger charge is 2.16. The molecular weight excluding hydrogens is 216 g/mol. The van der Waals surface area contributed by atoms with Crippen molar-refractivity contribution in [3.8, 4) is 0 Å². The normalized spacial score (nSPS) is 17.6. The van der Waals surface area contributed by atoms with Crippen molar-refractivity contribution in [2.75, 3.05) is 0 Å². The molecule has 0 heterocycles. The van der Waals surface area contributed by atoms with Crippen molar-refractivity contribution in [3.05, 3.63) is 35.7 Å². The maximum absolute atomic E-state index is 11.5. The fourth-order valence-corrected chi connectivity index (χ4v) is 1.29. The molecule has 0 spiro atoms. The van der Waals surface area contributed by atoms with Crippen LogP contribution in [0.2, 0.25) is 0 Å². The molecule has 1 amide bonds. The van der Waals surface area contributed by atoms with Gasteiger partial charge in [0.15, 0.2) is 0 Å². The number of carbonyl (C=O) groups excluding carboxylic acids is 1. The summed E-state index contributed by atoms with van der Waals surface area (Å²) in [7, 11) is 0. The summed E-state index contributed by atoms with van der Waals surface area (Å²) in [4.78, 5) is 15.2. The lowest BCUT2D eigenvalue weighted by Crippen LogP contribution is -2.31. The van der Waals surface area contributed by atoms with Gasteiger partial charge in [0.1, 0.15) is 5.60 Å². The lowest BCUT2D eigenvalue weighted by Gasteiger charge is -2.20. The Bertz CT molecular complexity index is 398. The van der Waals surface area contributed by atoms with E-state index >= 15 is 0 Å². The Morgan fingerprint density at radius 1 is 1.53 bits per heavy atom. The van der Waals surface area contributed by atoms with Crippen molar-refractivity contribution < 1.29 is 9.53 Å². The monoisotopic (exact) mass is 234 g/mol. The van der Waals surface area contributed by atoms with Gasteiger partial charge >= 0.3 is 6.09 Å². The minimum absolute atomic E-state index is 0.442. The summed E-state index contributed by atoms with van der Waals surface area (Å²) in [5, 5.41) is 2.68. The predicted molar refractivity (Wildman–Crippen MR) is 68.8 cm³/mol. The number of alkyl carbamates (subject to hydrolysis) is 1. The molecule has 1 N–H and O–H groups in total. The Labute approximate surface area is 102 Å². The highest BCUT2D eigenvalue weighted by atomic mass is 16.6. The first-order chi connectivity index (χ1) is 7.90. The molecule has 0 unspecified atom stereocenters. The first-order valence-corrected chi connectivity index (χ1v) is 5.44. The van der Waals surface area contributed by atoms with Crippen LogP contribution in [0.4, 0.5) is 4.79 Å². The zero-order chi connectivity index (χ0) is 12.9. The molecule has 0 aromatic rings. The highest BCUT2D eigenvalue weighted by Crippen LogP contribution is 2.14. The lowest BCUT2D eigenvalue weighted by atomic mass is 10.1. The van der Waals surface area contributed by atoms with Crippen LogP contribution in [0.25, 0.3) is 0 Å². The zero-order valence-electron chi connectivity index (χ0n) is 10.5. The summed E-state index contributed by atoms with van der Waals surface area (Å²) in [6, 6.07) is 0. The Hall–Kier alpha value is -1.84. The summed E-state index contributed by atoms with van der Waals surface area (Å²) in [5.41, 5.74) is 1.30. The molecule has 0 radical (unpaired) electrons. The van der Waals surface area contributed by atoms with Gasteiger partial charge < -0.3 is 4.74 Å². The van der Waals surface area contributed by atoms with Gasteiger partial charge in [0.25, 0.3) is 0 Å². The fourth-order valence-electron chi connectivity index (χ4n) is 1.29. The molecule has 0 aliphatic heterocycles. The molecule has 1 aliphatic rings. The SMILES string of the molecule is C=N/C=C1\C=CC(NC(=O)OC(C)(C)C)=CC1. The van der Waals surface area contributed by atoms with Gasteiger partial charge in [0.05, 0.1) is 0 Å². The van der Waals surface area contributed by atoms with Crippen LogP contribution in [0.5, 0.6) is 0 Å². The molecule has 0 aromatic heterocycles. The molecule has 0 saturated heterocycles. The Morgan fingerprint density at radius 2 is 2.24 bits per heavy atom. The summed E-state index contributed by atoms with van der Waals surface area (Å²) in [5.74, 6) is 0. The van der Waals surface area contributed by atoms with Crippen molar-refractivity contribution in [1.82, 2.24) is 5.32 Å². The third-order valence-electron chi connectivity index (χ3n) is 1.94. The van der Waals surface area contributed by atoms with Gasteiger partial charge in [0.2, 0.25) is 0 Å². The average Bonchev–Trinajstić information content (AvgIpc) is 2.18. The van der Waals surface area contributed by atoms with Crippen LogP contribution in [0, 0.1) is 0 Å². The molecule has 0 atom stereocenters. The van der Waals surface area contributed by atoms with Crippen LogP contribution >= 0.6 is 0 Å². The second-order valence-corrected chi connectivity index (χ2v) is 4.71. The van der Waals surface area contributed by atoms with Crippen molar-refractivity contribution in [2.45, 2.75) is 32.8 Å². The molecule has 17 heavy (non-hydrogen) atoms. The zero-order valence-corrected chi connectivity index (χ0v) is 10.5. The van der Waals surface area contributed by atoms with Crippen LogP contribution in [0.3, 0.4) is 0 Å². The Balaban J connectivity index is 2.51. The minimum Gasteiger partial charge on any atom is -0.444 e. The average molecular weight is 234 g/mol. The van der Waals surface area contributed by atoms with Crippen LogP contribution < -0.4 is 5.32 Å². The van der Waals surface area contributed by atoms with E-state index in [0.29, 0.717) is 0 Å². The molecule has 4 nitrogen and oxygen atoms in total. The lowest BCUT2D eigenvalue weighted by molar-refractivity contribution is 0.0547. The van der Waals surface area contributed by atoms with E-state index < -0.39 is 11.7 Å². The highest BCUT2D eigenvalue weighted by molar-refractivity contribution is 5.71. The number of hydrogen-bond donors (Lipinski definition) is 1. The van der Waals surface area contributed by atoms with E-state index in [1.165, 1.54) is 0 Å². The van der Waals surface area contributed by atoms with Gasteiger partial charge in [-0.1, -0.05) is 12.2 Å². The second kappa shape index (κ2) is 5.48. The van der Waals surface area contributed by atoms with E-state index in [9.17, 15) is 4.79 Å². The summed E-state index contributed by atoms with van der Waals surface area (Å²) >= 11 is 0. The third kappa shape index (κ3) is 5.15. The topological polar surface area (TPSA) is 50.7 Å². The number of aliphatic imine (C=N–C) groups is 1. The number of hydrogen-bond acceptors (Lipinski definition) is 3. The van der Waals surface area contributed by atoms with Crippen molar-refractivity contribution in [1.29, 1.82) is 0 Å². The largest absolute Gasteiger partial charge is 0.444 e. The van der Waals surface area contributed by atoms with Crippen molar-refractivity contribution in [3.63, 3.8) is 0 Å². The standard InChI is InChI=1S/C13H18N2O2/c1-13(2,3)17-12(16)15-11-7-5-10(6-8-11)9-14-4/h5,7-9H,4,6H2,1-3H3,(H,15,16)/b10-9+. The molecule has 1 aliphatic carbocycles. The number of rotatable bonds is 2. The van der Waals surface area contributed by atoms with Crippen molar-refractivity contribution >= 4 is 12.8 Å². The molecule has 0 fully saturated rings. The summed E-state index contributed by atoms with van der Waals surface area (Å²) in [6.45, 7) is 8.87. The van der Waals surface area contributed by atoms with E-state index in [1.807, 2.05) is 39.0 Å². The Morgan fingerprint density at radius 3 is 2.71 bits per heavy atom. The molecule has 0 saturated carbocycles. The molecule has 0 bridgehead atoms. The number of carbonyl (C=O) groups is 1. The fraction of sp³-hybridized carbons (Fsp3) is 0.385. The quantitative estimate of drug-likeness (QED) is 0.747. The van der Waals surface area contributed by atoms with E-state index in [1.54, 1.807) is 6.20 Å². The van der Waals surface area contributed by atoms with Crippen molar-refractivity contribution in [2.24, 2.45) is 4.99 Å². The van der Waals surface area contributed by atoms with Gasteiger partial charge in [0, 0.05) is 11.9 Å². The molecular formula is C13H18N2O2. The smallest absolute Gasteiger partial charge is 0.412 e. The number of amides is 1. The molecule has 92 valence electrons. The Kier molecular flexibility index (Phi) is 4.26. The number of nitrogens with one attached hydrogen (secondary N) is 1. The van der Waals surface area contributed by atoms with Crippen LogP contribution in [-0.2, 0) is 4.74 Å². The van der Waals surface area contributed by atoms with Gasteiger partial charge in [-0.25, -0.2) is 4.79 Å². The predicted octanol–water partition coefficient (Wildman–Crippen LogP) is 2.94. The van der Waals surface area contributed by atoms with Crippen LogP contribution in [-0.4, -0.2) is 18.4 Å². The summed E-state index contributed by atoms with van der Waals surface area (Å²) < 4.78 is 5.15. The van der Waals surface area contributed by atoms with Gasteiger partial charge in [-0.3, -0.25) is 10.3 Å². The number of ether oxygens (including phenoxy) is 1. The molecule has 4 heteroatoms. The van der Waals surface area contributed by atoms with Crippen LogP contribution in [0.15, 0.2) is 40.7 Å². The number of nitrogens with zero attached hydrogens (tertiary/aromatic N) is 1. The van der Waals surface area contributed by atoms with E-state index in [-0.39, 0.29) is 0 Å². The second-order valence-electron chi connectivity index (χ2n) is 4.71. The van der Waals surface area contributed by atoms with Crippen LogP contribution in [0.1, 0.15) is 27.2 Å². The van der Waals surface area contributed by atoms with E-state index in [2.05, 4.69) is 17.0 Å². The first-order valence-electron chi connectivity index (χ1n) is 5.44. The maximum atomic E-state index is 11.5. The third-order valence-corrected chi connectivity index (χ3v) is 1.94. The first kappa shape index (κ1) is 13.2. The molecule has 0 aromatic carbocycles.